The van der Waals surface area contributed by atoms with Crippen molar-refractivity contribution in [1.29, 1.82) is 0 Å². The van der Waals surface area contributed by atoms with Gasteiger partial charge in [-0.05, 0) is 61.7 Å². The number of nitrogens with zero attached hydrogens (tertiary/aromatic N) is 1. The summed E-state index contributed by atoms with van der Waals surface area (Å²) in [6.45, 7) is 2.76. The molecule has 1 fully saturated rings. The smallest absolute Gasteiger partial charge is 0.269 e. The number of hydroxylamine groups is 1. The highest BCUT2D eigenvalue weighted by molar-refractivity contribution is 7.89. The van der Waals surface area contributed by atoms with E-state index >= 15 is 0 Å². The molecule has 2 aliphatic rings. The van der Waals surface area contributed by atoms with Crippen LogP contribution >= 0.6 is 23.2 Å². The molecule has 0 radical (unpaired) electrons. The van der Waals surface area contributed by atoms with E-state index in [-0.39, 0.29) is 17.3 Å². The molecule has 0 atom stereocenters. The second-order valence-electron chi connectivity index (χ2n) is 8.00. The molecular formula is C22H23Cl2N3O4S. The van der Waals surface area contributed by atoms with Crippen molar-refractivity contribution in [2.45, 2.75) is 36.8 Å². The zero-order valence-corrected chi connectivity index (χ0v) is 19.7. The van der Waals surface area contributed by atoms with Crippen molar-refractivity contribution in [2.24, 2.45) is 0 Å². The Morgan fingerprint density at radius 2 is 1.75 bits per heavy atom. The van der Waals surface area contributed by atoms with Crippen molar-refractivity contribution >= 4 is 39.1 Å². The first-order valence-electron chi connectivity index (χ1n) is 10.1. The second-order valence-corrected chi connectivity index (χ2v) is 10.8. The van der Waals surface area contributed by atoms with Crippen molar-refractivity contribution in [3.63, 3.8) is 0 Å². The van der Waals surface area contributed by atoms with Crippen LogP contribution in [0.3, 0.4) is 0 Å². The SMILES string of the molecule is Cc1ccc(S(=O)(=O)N2CCC3(C=C(C(=O)NCc4cc(Cl)cc(Cl)c4)NO3)CC2)cc1. The average Bonchev–Trinajstić information content (AvgIpc) is 3.15. The monoisotopic (exact) mass is 495 g/mol. The molecule has 10 heteroatoms. The number of sulfonamides is 1. The summed E-state index contributed by atoms with van der Waals surface area (Å²) >= 11 is 12.0. The van der Waals surface area contributed by atoms with Gasteiger partial charge >= 0.3 is 0 Å². The third kappa shape index (κ3) is 4.94. The van der Waals surface area contributed by atoms with Crippen molar-refractivity contribution in [1.82, 2.24) is 15.1 Å². The Hall–Kier alpha value is -2.10. The molecule has 2 heterocycles. The van der Waals surface area contributed by atoms with Crippen molar-refractivity contribution in [3.8, 4) is 0 Å². The summed E-state index contributed by atoms with van der Waals surface area (Å²) in [4.78, 5) is 18.6. The van der Waals surface area contributed by atoms with Crippen LogP contribution in [0.2, 0.25) is 10.0 Å². The lowest BCUT2D eigenvalue weighted by Crippen LogP contribution is -2.46. The van der Waals surface area contributed by atoms with Crippen LogP contribution < -0.4 is 10.8 Å². The van der Waals surface area contributed by atoms with Crippen LogP contribution in [-0.4, -0.2) is 37.3 Å². The van der Waals surface area contributed by atoms with Gasteiger partial charge < -0.3 is 5.32 Å². The molecule has 0 aromatic heterocycles. The van der Waals surface area contributed by atoms with Crippen LogP contribution in [-0.2, 0) is 26.2 Å². The van der Waals surface area contributed by atoms with E-state index < -0.39 is 15.6 Å². The number of hydrogen-bond donors (Lipinski definition) is 2. The Morgan fingerprint density at radius 3 is 2.38 bits per heavy atom. The van der Waals surface area contributed by atoms with E-state index in [9.17, 15) is 13.2 Å². The number of halogens is 2. The lowest BCUT2D eigenvalue weighted by molar-refractivity contribution is -0.120. The van der Waals surface area contributed by atoms with Gasteiger partial charge in [0.1, 0.15) is 11.3 Å². The Kier molecular flexibility index (Phi) is 6.51. The van der Waals surface area contributed by atoms with E-state index in [0.29, 0.717) is 41.7 Å². The second kappa shape index (κ2) is 9.03. The number of nitrogens with one attached hydrogen (secondary N) is 2. The molecule has 32 heavy (non-hydrogen) atoms. The minimum absolute atomic E-state index is 0.258. The van der Waals surface area contributed by atoms with Gasteiger partial charge in [0.15, 0.2) is 0 Å². The van der Waals surface area contributed by atoms with Gasteiger partial charge in [0, 0.05) is 29.7 Å². The van der Waals surface area contributed by atoms with Crippen LogP contribution in [0.5, 0.6) is 0 Å². The molecule has 0 unspecified atom stereocenters. The van der Waals surface area contributed by atoms with E-state index in [2.05, 4.69) is 10.8 Å². The maximum absolute atomic E-state index is 12.9. The van der Waals surface area contributed by atoms with Gasteiger partial charge in [-0.2, -0.15) is 4.31 Å². The quantitative estimate of drug-likeness (QED) is 0.661. The number of carbonyl (C=O) groups excluding carboxylic acids is 1. The van der Waals surface area contributed by atoms with E-state index in [0.717, 1.165) is 11.1 Å². The molecule has 1 saturated heterocycles. The Balaban J connectivity index is 1.37. The van der Waals surface area contributed by atoms with Gasteiger partial charge in [-0.3, -0.25) is 15.1 Å². The fourth-order valence-electron chi connectivity index (χ4n) is 3.79. The van der Waals surface area contributed by atoms with Crippen LogP contribution in [0, 0.1) is 6.92 Å². The topological polar surface area (TPSA) is 87.7 Å². The summed E-state index contributed by atoms with van der Waals surface area (Å²) in [6.07, 6.45) is 2.61. The van der Waals surface area contributed by atoms with Crippen molar-refractivity contribution < 1.29 is 18.0 Å². The molecule has 0 aliphatic carbocycles. The number of hydrogen-bond acceptors (Lipinski definition) is 5. The number of benzene rings is 2. The van der Waals surface area contributed by atoms with E-state index in [4.69, 9.17) is 28.0 Å². The van der Waals surface area contributed by atoms with Gasteiger partial charge in [0.2, 0.25) is 10.0 Å². The zero-order valence-electron chi connectivity index (χ0n) is 17.4. The molecule has 0 bridgehead atoms. The zero-order chi connectivity index (χ0) is 22.9. The Morgan fingerprint density at radius 1 is 1.12 bits per heavy atom. The largest absolute Gasteiger partial charge is 0.347 e. The van der Waals surface area contributed by atoms with Crippen LogP contribution in [0.25, 0.3) is 0 Å². The third-order valence-corrected chi connectivity index (χ3v) is 7.97. The predicted octanol–water partition coefficient (Wildman–Crippen LogP) is 3.56. The van der Waals surface area contributed by atoms with Gasteiger partial charge in [-0.25, -0.2) is 8.42 Å². The molecule has 4 rings (SSSR count). The lowest BCUT2D eigenvalue weighted by atomic mass is 9.92. The van der Waals surface area contributed by atoms with Crippen LogP contribution in [0.1, 0.15) is 24.0 Å². The maximum atomic E-state index is 12.9. The highest BCUT2D eigenvalue weighted by Gasteiger charge is 2.42. The summed E-state index contributed by atoms with van der Waals surface area (Å²) in [6, 6.07) is 11.9. The first kappa shape index (κ1) is 23.1. The predicted molar refractivity (Wildman–Crippen MR) is 123 cm³/mol. The molecule has 2 aromatic rings. The first-order valence-corrected chi connectivity index (χ1v) is 12.3. The highest BCUT2D eigenvalue weighted by Crippen LogP contribution is 2.34. The molecule has 0 saturated carbocycles. The van der Waals surface area contributed by atoms with Gasteiger partial charge in [0.05, 0.1) is 4.90 Å². The first-order chi connectivity index (χ1) is 15.2. The Bertz CT molecular complexity index is 1140. The Labute approximate surface area is 197 Å². The number of piperidine rings is 1. The molecule has 1 amide bonds. The summed E-state index contributed by atoms with van der Waals surface area (Å²) < 4.78 is 27.3. The molecule has 2 N–H and O–H groups in total. The minimum atomic E-state index is -3.57. The average molecular weight is 496 g/mol. The fourth-order valence-corrected chi connectivity index (χ4v) is 5.80. The summed E-state index contributed by atoms with van der Waals surface area (Å²) in [5.41, 5.74) is 4.06. The summed E-state index contributed by atoms with van der Waals surface area (Å²) in [5.74, 6) is -0.326. The number of carbonyl (C=O) groups is 1. The highest BCUT2D eigenvalue weighted by atomic mass is 35.5. The summed E-state index contributed by atoms with van der Waals surface area (Å²) in [7, 11) is -3.57. The number of amides is 1. The third-order valence-electron chi connectivity index (χ3n) is 5.62. The molecule has 1 spiro atoms. The number of rotatable bonds is 5. The van der Waals surface area contributed by atoms with Crippen LogP contribution in [0.4, 0.5) is 0 Å². The van der Waals surface area contributed by atoms with Gasteiger partial charge in [0.25, 0.3) is 5.91 Å². The molecule has 2 aliphatic heterocycles. The fraction of sp³-hybridized carbons (Fsp3) is 0.318. The lowest BCUT2D eigenvalue weighted by Gasteiger charge is -2.35. The van der Waals surface area contributed by atoms with Crippen molar-refractivity contribution in [3.05, 3.63) is 75.4 Å². The number of aryl methyl sites for hydroxylation is 1. The summed E-state index contributed by atoms with van der Waals surface area (Å²) in [5, 5.41) is 3.79. The van der Waals surface area contributed by atoms with E-state index in [1.807, 2.05) is 6.92 Å². The standard InChI is InChI=1S/C22H23Cl2N3O4S/c1-15-2-4-19(5-3-15)32(29,30)27-8-6-22(7-9-27)13-20(26-31-22)21(28)25-14-16-10-17(23)12-18(24)11-16/h2-5,10-13,26H,6-9,14H2,1H3,(H,25,28). The molecular weight excluding hydrogens is 473 g/mol. The normalized spacial score (nSPS) is 18.3. The van der Waals surface area contributed by atoms with Gasteiger partial charge in [-0.1, -0.05) is 40.9 Å². The van der Waals surface area contributed by atoms with E-state index in [1.165, 1.54) is 4.31 Å². The van der Waals surface area contributed by atoms with E-state index in [1.54, 1.807) is 48.5 Å². The molecule has 170 valence electrons. The molecule has 7 nitrogen and oxygen atoms in total. The van der Waals surface area contributed by atoms with Crippen molar-refractivity contribution in [2.75, 3.05) is 13.1 Å². The maximum Gasteiger partial charge on any atom is 0.269 e. The van der Waals surface area contributed by atoms with Crippen LogP contribution in [0.15, 0.2) is 59.1 Å². The molecule has 2 aromatic carbocycles. The van der Waals surface area contributed by atoms with Gasteiger partial charge in [-0.15, -0.1) is 0 Å². The minimum Gasteiger partial charge on any atom is -0.347 e.